The Morgan fingerprint density at radius 1 is 1.22 bits per heavy atom. The molecule has 1 unspecified atom stereocenters. The average molecular weight is 599 g/mol. The van der Waals surface area contributed by atoms with Crippen LogP contribution < -0.4 is 9.64 Å². The number of carbonyl (C=O) groups excluding carboxylic acids is 1. The van der Waals surface area contributed by atoms with Gasteiger partial charge in [-0.25, -0.2) is 0 Å². The maximum atomic E-state index is 13.1. The fraction of sp³-hybridized carbons (Fsp3) is 0.545. The number of thiol groups is 1. The fourth-order valence-corrected chi connectivity index (χ4v) is 7.80. The standard InChI is InChI=1S/C33H43ClN2O4S/c1-23-7-4-11-30(39-3)28-14-12-26(28)19-36-21-33(2,16-6-9-24-8-5-10-27(34)17-24)22-40-31-15-13-25(18-29(31)36)32(37)35-41(38)20-23/h4-5,8,10-11,13,15,17-18,23,26,28,30,41H,6-7,9,12,14,16,19-22H2,1-3H3/b11-4+/t23-,26-,28+,30-,33+/m0/s1. The Hall–Kier alpha value is -2.35. The van der Waals surface area contributed by atoms with Gasteiger partial charge in [0.25, 0.3) is 5.91 Å². The van der Waals surface area contributed by atoms with Gasteiger partial charge in [-0.1, -0.05) is 49.7 Å². The van der Waals surface area contributed by atoms with Gasteiger partial charge in [-0.2, -0.15) is 4.36 Å². The molecule has 5 rings (SSSR count). The lowest BCUT2D eigenvalue weighted by Crippen LogP contribution is -2.46. The molecule has 1 amide bonds. The summed E-state index contributed by atoms with van der Waals surface area (Å²) >= 11 is 6.22. The number of hydrogen-bond acceptors (Lipinski definition) is 5. The molecule has 1 fully saturated rings. The van der Waals surface area contributed by atoms with Crippen molar-refractivity contribution in [1.29, 1.82) is 0 Å². The topological polar surface area (TPSA) is 68.2 Å². The zero-order valence-electron chi connectivity index (χ0n) is 24.4. The van der Waals surface area contributed by atoms with E-state index in [-0.39, 0.29) is 17.4 Å². The Balaban J connectivity index is 1.43. The van der Waals surface area contributed by atoms with Crippen LogP contribution in [0.3, 0.4) is 0 Å². The molecule has 1 saturated carbocycles. The minimum absolute atomic E-state index is 0.0620. The van der Waals surface area contributed by atoms with E-state index in [2.05, 4.69) is 41.3 Å². The highest BCUT2D eigenvalue weighted by Gasteiger charge is 2.40. The predicted octanol–water partition coefficient (Wildman–Crippen LogP) is 7.01. The number of ether oxygens (including phenoxy) is 2. The van der Waals surface area contributed by atoms with Crippen molar-refractivity contribution in [3.8, 4) is 5.75 Å². The van der Waals surface area contributed by atoms with Crippen LogP contribution in [0.2, 0.25) is 5.02 Å². The molecular formula is C33H43ClN2O4S. The van der Waals surface area contributed by atoms with E-state index in [1.165, 1.54) is 5.56 Å². The van der Waals surface area contributed by atoms with Crippen LogP contribution in [0.1, 0.15) is 61.9 Å². The van der Waals surface area contributed by atoms with E-state index < -0.39 is 16.5 Å². The molecule has 2 aromatic rings. The van der Waals surface area contributed by atoms with Gasteiger partial charge in [0, 0.05) is 52.5 Å². The number of carbonyl (C=O) groups is 1. The first-order valence-electron chi connectivity index (χ1n) is 14.9. The van der Waals surface area contributed by atoms with Crippen molar-refractivity contribution in [2.75, 3.05) is 37.5 Å². The van der Waals surface area contributed by atoms with Crippen LogP contribution in [0.4, 0.5) is 5.69 Å². The number of aryl methyl sites for hydroxylation is 1. The molecule has 0 radical (unpaired) electrons. The Labute approximate surface area is 251 Å². The first kappa shape index (κ1) is 30.1. The van der Waals surface area contributed by atoms with Gasteiger partial charge in [-0.05, 0) is 92.2 Å². The molecular weight excluding hydrogens is 556 g/mol. The van der Waals surface area contributed by atoms with Crippen molar-refractivity contribution < 1.29 is 18.5 Å². The molecule has 0 N–H and O–H groups in total. The molecule has 0 saturated heterocycles. The van der Waals surface area contributed by atoms with Crippen LogP contribution in [0.15, 0.2) is 59.0 Å². The number of hydrogen-bond donors (Lipinski definition) is 1. The zero-order chi connectivity index (χ0) is 29.0. The summed E-state index contributed by atoms with van der Waals surface area (Å²) in [5.74, 6) is 1.86. The largest absolute Gasteiger partial charge is 0.491 e. The minimum Gasteiger partial charge on any atom is -0.491 e. The van der Waals surface area contributed by atoms with E-state index in [0.717, 1.165) is 68.1 Å². The second-order valence-electron chi connectivity index (χ2n) is 12.6. The molecule has 222 valence electrons. The molecule has 3 aliphatic rings. The summed E-state index contributed by atoms with van der Waals surface area (Å²) in [7, 11) is -0.180. The Bertz CT molecular complexity index is 1360. The van der Waals surface area contributed by atoms with Gasteiger partial charge >= 0.3 is 0 Å². The first-order valence-corrected chi connectivity index (χ1v) is 16.7. The van der Waals surface area contributed by atoms with Crippen molar-refractivity contribution in [1.82, 2.24) is 0 Å². The SMILES string of the molecule is CO[C@H]1/C=C/C[C@H](C)C/[SH](=O)=N\C(=O)c2ccc3c(c2)N(C[C@@H]2CC[C@H]21)C[C@@](C)(CCCc1cccc(Cl)c1)CO3. The van der Waals surface area contributed by atoms with Gasteiger partial charge < -0.3 is 14.4 Å². The predicted molar refractivity (Wildman–Crippen MR) is 168 cm³/mol. The van der Waals surface area contributed by atoms with Crippen molar-refractivity contribution in [2.24, 2.45) is 27.5 Å². The minimum atomic E-state index is -1.98. The van der Waals surface area contributed by atoms with Gasteiger partial charge in [-0.3, -0.25) is 9.00 Å². The van der Waals surface area contributed by atoms with Crippen LogP contribution in [-0.2, 0) is 21.8 Å². The quantitative estimate of drug-likeness (QED) is 0.296. The number of halogens is 1. The number of allylic oxidation sites excluding steroid dienone is 1. The number of rotatable bonds is 5. The summed E-state index contributed by atoms with van der Waals surface area (Å²) < 4.78 is 29.2. The summed E-state index contributed by atoms with van der Waals surface area (Å²) in [5.41, 5.74) is 2.56. The molecule has 6 atom stereocenters. The number of fused-ring (bicyclic) bond motifs is 2. The van der Waals surface area contributed by atoms with E-state index in [1.807, 2.05) is 30.3 Å². The number of nitrogens with zero attached hydrogens (tertiary/aromatic N) is 2. The van der Waals surface area contributed by atoms with Crippen LogP contribution in [-0.4, -0.2) is 48.8 Å². The maximum Gasteiger partial charge on any atom is 0.284 e. The summed E-state index contributed by atoms with van der Waals surface area (Å²) in [6, 6.07) is 13.7. The van der Waals surface area contributed by atoms with Crippen LogP contribution >= 0.6 is 11.6 Å². The molecule has 2 bridgehead atoms. The Morgan fingerprint density at radius 3 is 2.83 bits per heavy atom. The highest BCUT2D eigenvalue weighted by molar-refractivity contribution is 7.75. The van der Waals surface area contributed by atoms with Gasteiger partial charge in [0.15, 0.2) is 0 Å². The van der Waals surface area contributed by atoms with Gasteiger partial charge in [-0.15, -0.1) is 0 Å². The lowest BCUT2D eigenvalue weighted by Gasteiger charge is -2.44. The third-order valence-electron chi connectivity index (χ3n) is 8.99. The van der Waals surface area contributed by atoms with Gasteiger partial charge in [0.2, 0.25) is 0 Å². The summed E-state index contributed by atoms with van der Waals surface area (Å²) in [6.07, 6.45) is 10.5. The average Bonchev–Trinajstić information content (AvgIpc) is 3.06. The fourth-order valence-electron chi connectivity index (χ4n) is 6.51. The maximum absolute atomic E-state index is 13.1. The third kappa shape index (κ3) is 7.54. The molecule has 6 nitrogen and oxygen atoms in total. The molecule has 1 aliphatic carbocycles. The lowest BCUT2D eigenvalue weighted by atomic mass is 9.70. The smallest absolute Gasteiger partial charge is 0.284 e. The van der Waals surface area contributed by atoms with Crippen LogP contribution in [0, 0.1) is 23.2 Å². The first-order chi connectivity index (χ1) is 19.7. The molecule has 41 heavy (non-hydrogen) atoms. The second-order valence-corrected chi connectivity index (χ2v) is 14.3. The molecule has 0 aromatic heterocycles. The van der Waals surface area contributed by atoms with E-state index in [0.29, 0.717) is 29.8 Å². The molecule has 8 heteroatoms. The number of amides is 1. The Kier molecular flexibility index (Phi) is 9.77. The van der Waals surface area contributed by atoms with E-state index in [9.17, 15) is 9.00 Å². The summed E-state index contributed by atoms with van der Waals surface area (Å²) in [5, 5.41) is 0.773. The molecule has 2 aliphatic heterocycles. The number of anilines is 1. The van der Waals surface area contributed by atoms with E-state index in [4.69, 9.17) is 21.1 Å². The third-order valence-corrected chi connectivity index (χ3v) is 10.6. The highest BCUT2D eigenvalue weighted by atomic mass is 35.5. The normalized spacial score (nSPS) is 31.6. The summed E-state index contributed by atoms with van der Waals surface area (Å²) in [6.45, 7) is 6.66. The van der Waals surface area contributed by atoms with Gasteiger partial charge in [0.1, 0.15) is 5.75 Å². The monoisotopic (exact) mass is 598 g/mol. The number of methoxy groups -OCH3 is 1. The van der Waals surface area contributed by atoms with Crippen molar-refractivity contribution >= 4 is 33.8 Å². The van der Waals surface area contributed by atoms with Crippen molar-refractivity contribution in [3.63, 3.8) is 0 Å². The van der Waals surface area contributed by atoms with Crippen LogP contribution in [0.25, 0.3) is 0 Å². The van der Waals surface area contributed by atoms with Crippen molar-refractivity contribution in [3.05, 3.63) is 70.8 Å². The lowest BCUT2D eigenvalue weighted by molar-refractivity contribution is 0.0128. The van der Waals surface area contributed by atoms with E-state index in [1.54, 1.807) is 13.2 Å². The van der Waals surface area contributed by atoms with Crippen LogP contribution in [0.5, 0.6) is 5.75 Å². The van der Waals surface area contributed by atoms with Gasteiger partial charge in [0.05, 0.1) is 18.4 Å². The molecule has 2 heterocycles. The number of benzene rings is 2. The van der Waals surface area contributed by atoms with Crippen molar-refractivity contribution in [2.45, 2.75) is 58.5 Å². The molecule has 0 spiro atoms. The molecule has 2 aromatic carbocycles. The second kappa shape index (κ2) is 13.3. The Morgan fingerprint density at radius 2 is 2.07 bits per heavy atom. The zero-order valence-corrected chi connectivity index (χ0v) is 26.1. The highest BCUT2D eigenvalue weighted by Crippen LogP contribution is 2.44. The van der Waals surface area contributed by atoms with E-state index >= 15 is 0 Å². The summed E-state index contributed by atoms with van der Waals surface area (Å²) in [4.78, 5) is 15.5.